The lowest BCUT2D eigenvalue weighted by Gasteiger charge is -2.37. The molecule has 1 amide bonds. The molecule has 1 aliphatic heterocycles. The van der Waals surface area contributed by atoms with Gasteiger partial charge in [0, 0.05) is 32.3 Å². The van der Waals surface area contributed by atoms with Crippen molar-refractivity contribution in [3.63, 3.8) is 0 Å². The predicted octanol–water partition coefficient (Wildman–Crippen LogP) is 2.32. The third kappa shape index (κ3) is 4.49. The average Bonchev–Trinajstić information content (AvgIpc) is 2.91. The summed E-state index contributed by atoms with van der Waals surface area (Å²) in [5.74, 6) is -0.623. The van der Waals surface area contributed by atoms with Gasteiger partial charge in [-0.2, -0.15) is 5.10 Å². The number of carbonyl (C=O) groups is 2. The van der Waals surface area contributed by atoms with E-state index >= 15 is 0 Å². The number of amides is 1. The van der Waals surface area contributed by atoms with Crippen LogP contribution < -0.4 is 0 Å². The highest BCUT2D eigenvalue weighted by molar-refractivity contribution is 5.75. The Bertz CT molecular complexity index is 591. The minimum Gasteiger partial charge on any atom is -0.466 e. The van der Waals surface area contributed by atoms with Gasteiger partial charge in [-0.1, -0.05) is 0 Å². The third-order valence-corrected chi connectivity index (χ3v) is 4.01. The van der Waals surface area contributed by atoms with Gasteiger partial charge in [0.25, 0.3) is 0 Å². The fourth-order valence-electron chi connectivity index (χ4n) is 2.95. The van der Waals surface area contributed by atoms with Crippen molar-refractivity contribution < 1.29 is 19.1 Å². The van der Waals surface area contributed by atoms with Crippen LogP contribution in [0.2, 0.25) is 0 Å². The zero-order valence-corrected chi connectivity index (χ0v) is 15.1. The van der Waals surface area contributed by atoms with Gasteiger partial charge in [-0.05, 0) is 39.7 Å². The predicted molar refractivity (Wildman–Crippen MR) is 88.5 cm³/mol. The maximum absolute atomic E-state index is 12.4. The molecular formula is C17H27N3O4. The van der Waals surface area contributed by atoms with E-state index in [0.717, 1.165) is 5.56 Å². The number of hydrogen-bond donors (Lipinski definition) is 0. The largest absolute Gasteiger partial charge is 0.466 e. The molecule has 0 radical (unpaired) electrons. The standard InChI is InChI=1S/C17H27N3O4/c1-6-23-15(21)13-7-8-20(16(22)24-17(2,3)4)11-14(13)12-9-18-19(5)10-12/h9-10,13-14H,6-8,11H2,1-5H3/t13-,14+/m1/s1. The van der Waals surface area contributed by atoms with Crippen LogP contribution in [0, 0.1) is 5.92 Å². The number of aromatic nitrogens is 2. The summed E-state index contributed by atoms with van der Waals surface area (Å²) in [6, 6.07) is 0. The molecule has 1 aromatic rings. The number of esters is 1. The number of rotatable bonds is 3. The van der Waals surface area contributed by atoms with Gasteiger partial charge in [0.2, 0.25) is 0 Å². The van der Waals surface area contributed by atoms with Gasteiger partial charge >= 0.3 is 12.1 Å². The first kappa shape index (κ1) is 18.3. The van der Waals surface area contributed by atoms with Gasteiger partial charge in [0.15, 0.2) is 0 Å². The summed E-state index contributed by atoms with van der Waals surface area (Å²) in [6.45, 7) is 8.58. The molecule has 7 nitrogen and oxygen atoms in total. The second-order valence-corrected chi connectivity index (χ2v) is 7.13. The molecule has 2 heterocycles. The fourth-order valence-corrected chi connectivity index (χ4v) is 2.95. The van der Waals surface area contributed by atoms with E-state index in [0.29, 0.717) is 26.1 Å². The molecule has 1 aromatic heterocycles. The van der Waals surface area contributed by atoms with Crippen LogP contribution in [0.5, 0.6) is 0 Å². The van der Waals surface area contributed by atoms with E-state index in [1.165, 1.54) is 0 Å². The zero-order chi connectivity index (χ0) is 17.9. The summed E-state index contributed by atoms with van der Waals surface area (Å²) in [5.41, 5.74) is 0.391. The van der Waals surface area contributed by atoms with E-state index in [2.05, 4.69) is 5.10 Å². The molecule has 0 N–H and O–H groups in total. The Morgan fingerprint density at radius 2 is 2.08 bits per heavy atom. The highest BCUT2D eigenvalue weighted by Crippen LogP contribution is 2.34. The molecule has 0 unspecified atom stereocenters. The van der Waals surface area contributed by atoms with Crippen molar-refractivity contribution in [3.05, 3.63) is 18.0 Å². The zero-order valence-electron chi connectivity index (χ0n) is 15.1. The van der Waals surface area contributed by atoms with Gasteiger partial charge in [-0.15, -0.1) is 0 Å². The molecule has 7 heteroatoms. The van der Waals surface area contributed by atoms with E-state index in [9.17, 15) is 9.59 Å². The first-order valence-electron chi connectivity index (χ1n) is 8.34. The molecule has 2 rings (SSSR count). The second kappa shape index (κ2) is 7.23. The van der Waals surface area contributed by atoms with Crippen molar-refractivity contribution >= 4 is 12.1 Å². The highest BCUT2D eigenvalue weighted by Gasteiger charge is 2.39. The van der Waals surface area contributed by atoms with Crippen LogP contribution in [0.25, 0.3) is 0 Å². The SMILES string of the molecule is CCOC(=O)[C@@H]1CCN(C(=O)OC(C)(C)C)C[C@H]1c1cnn(C)c1. The summed E-state index contributed by atoms with van der Waals surface area (Å²) in [4.78, 5) is 26.3. The Kier molecular flexibility index (Phi) is 5.51. The van der Waals surface area contributed by atoms with Gasteiger partial charge in [0.1, 0.15) is 5.60 Å². The van der Waals surface area contributed by atoms with Crippen molar-refractivity contribution in [1.82, 2.24) is 14.7 Å². The van der Waals surface area contributed by atoms with Crippen molar-refractivity contribution in [1.29, 1.82) is 0 Å². The summed E-state index contributed by atoms with van der Waals surface area (Å²) in [5, 5.41) is 4.19. The Hall–Kier alpha value is -2.05. The lowest BCUT2D eigenvalue weighted by atomic mass is 9.82. The lowest BCUT2D eigenvalue weighted by Crippen LogP contribution is -2.46. The number of piperidine rings is 1. The van der Waals surface area contributed by atoms with Crippen LogP contribution in [0.3, 0.4) is 0 Å². The number of nitrogens with zero attached hydrogens (tertiary/aromatic N) is 3. The smallest absolute Gasteiger partial charge is 0.410 e. The highest BCUT2D eigenvalue weighted by atomic mass is 16.6. The topological polar surface area (TPSA) is 73.7 Å². The van der Waals surface area contributed by atoms with Crippen LogP contribution in [-0.2, 0) is 21.3 Å². The van der Waals surface area contributed by atoms with E-state index in [1.807, 2.05) is 34.0 Å². The van der Waals surface area contributed by atoms with Crippen molar-refractivity contribution in [2.24, 2.45) is 13.0 Å². The molecule has 0 bridgehead atoms. The molecule has 24 heavy (non-hydrogen) atoms. The molecule has 0 saturated carbocycles. The Labute approximate surface area is 142 Å². The van der Waals surface area contributed by atoms with Crippen LogP contribution in [0.4, 0.5) is 4.79 Å². The summed E-state index contributed by atoms with van der Waals surface area (Å²) < 4.78 is 12.4. The van der Waals surface area contributed by atoms with Crippen LogP contribution in [-0.4, -0.2) is 52.0 Å². The minimum absolute atomic E-state index is 0.140. The molecule has 1 aliphatic rings. The number of likely N-dealkylation sites (tertiary alicyclic amines) is 1. The van der Waals surface area contributed by atoms with Crippen LogP contribution >= 0.6 is 0 Å². The van der Waals surface area contributed by atoms with Crippen molar-refractivity contribution in [2.45, 2.75) is 45.6 Å². The minimum atomic E-state index is -0.543. The van der Waals surface area contributed by atoms with E-state index in [1.54, 1.807) is 22.7 Å². The fraction of sp³-hybridized carbons (Fsp3) is 0.706. The number of hydrogen-bond acceptors (Lipinski definition) is 5. The number of ether oxygens (including phenoxy) is 2. The van der Waals surface area contributed by atoms with E-state index in [4.69, 9.17) is 9.47 Å². The number of carbonyl (C=O) groups excluding carboxylic acids is 2. The maximum Gasteiger partial charge on any atom is 0.410 e. The van der Waals surface area contributed by atoms with Gasteiger partial charge in [-0.3, -0.25) is 9.48 Å². The van der Waals surface area contributed by atoms with Gasteiger partial charge < -0.3 is 14.4 Å². The average molecular weight is 337 g/mol. The van der Waals surface area contributed by atoms with Crippen molar-refractivity contribution in [2.75, 3.05) is 19.7 Å². The number of aryl methyl sites for hydroxylation is 1. The maximum atomic E-state index is 12.4. The molecule has 0 aromatic carbocycles. The molecule has 0 spiro atoms. The molecule has 0 aliphatic carbocycles. The Balaban J connectivity index is 2.18. The quantitative estimate of drug-likeness (QED) is 0.792. The molecule has 1 saturated heterocycles. The summed E-state index contributed by atoms with van der Waals surface area (Å²) in [6.07, 6.45) is 3.83. The Morgan fingerprint density at radius 1 is 1.38 bits per heavy atom. The molecular weight excluding hydrogens is 310 g/mol. The first-order valence-corrected chi connectivity index (χ1v) is 8.34. The normalized spacial score (nSPS) is 21.5. The molecule has 2 atom stereocenters. The summed E-state index contributed by atoms with van der Waals surface area (Å²) >= 11 is 0. The van der Waals surface area contributed by atoms with E-state index < -0.39 is 5.60 Å². The second-order valence-electron chi connectivity index (χ2n) is 7.13. The summed E-state index contributed by atoms with van der Waals surface area (Å²) in [7, 11) is 1.83. The Morgan fingerprint density at radius 3 is 2.62 bits per heavy atom. The molecule has 134 valence electrons. The first-order chi connectivity index (χ1) is 11.2. The van der Waals surface area contributed by atoms with Crippen molar-refractivity contribution in [3.8, 4) is 0 Å². The third-order valence-electron chi connectivity index (χ3n) is 4.01. The van der Waals surface area contributed by atoms with Gasteiger partial charge in [0.05, 0.1) is 18.7 Å². The van der Waals surface area contributed by atoms with E-state index in [-0.39, 0.29) is 23.9 Å². The monoisotopic (exact) mass is 337 g/mol. The van der Waals surface area contributed by atoms with Gasteiger partial charge in [-0.25, -0.2) is 4.79 Å². The molecule has 1 fully saturated rings. The lowest BCUT2D eigenvalue weighted by molar-refractivity contribution is -0.150. The van der Waals surface area contributed by atoms with Crippen LogP contribution in [0.15, 0.2) is 12.4 Å². The van der Waals surface area contributed by atoms with Crippen LogP contribution in [0.1, 0.15) is 45.6 Å².